The lowest BCUT2D eigenvalue weighted by atomic mass is 9.83. The number of aromatic nitrogens is 1. The Morgan fingerprint density at radius 1 is 0.939 bits per heavy atom. The fraction of sp³-hybridized carbons (Fsp3) is 0.269. The maximum absolute atomic E-state index is 12.4. The van der Waals surface area contributed by atoms with Gasteiger partial charge in [0.05, 0.1) is 0 Å². The Labute approximate surface area is 198 Å². The first-order valence-corrected chi connectivity index (χ1v) is 11.7. The zero-order valence-electron chi connectivity index (χ0n) is 18.2. The molecule has 3 heterocycles. The van der Waals surface area contributed by atoms with E-state index in [0.717, 1.165) is 43.0 Å². The molecule has 1 aromatic heterocycles. The topological polar surface area (TPSA) is 66.4 Å². The van der Waals surface area contributed by atoms with Gasteiger partial charge in [-0.1, -0.05) is 36.4 Å². The van der Waals surface area contributed by atoms with Gasteiger partial charge >= 0.3 is 0 Å². The monoisotopic (exact) mass is 458 g/mol. The molecule has 6 nitrogen and oxygen atoms in total. The van der Waals surface area contributed by atoms with E-state index in [1.54, 1.807) is 18.2 Å². The van der Waals surface area contributed by atoms with Crippen LogP contribution in [-0.4, -0.2) is 33.6 Å². The van der Waals surface area contributed by atoms with Crippen LogP contribution in [0, 0.1) is 5.92 Å². The number of thiocarbonyl (C=S) groups is 1. The Kier molecular flexibility index (Phi) is 5.96. The van der Waals surface area contributed by atoms with E-state index in [2.05, 4.69) is 21.6 Å². The smallest absolute Gasteiger partial charge is 0.251 e. The van der Waals surface area contributed by atoms with Crippen LogP contribution in [0.1, 0.15) is 34.0 Å². The second kappa shape index (κ2) is 9.19. The highest BCUT2D eigenvalue weighted by Gasteiger charge is 2.35. The van der Waals surface area contributed by atoms with E-state index in [4.69, 9.17) is 12.2 Å². The maximum atomic E-state index is 12.4. The molecule has 2 aliphatic heterocycles. The van der Waals surface area contributed by atoms with Gasteiger partial charge in [0.1, 0.15) is 0 Å². The molecule has 1 fully saturated rings. The van der Waals surface area contributed by atoms with Gasteiger partial charge in [-0.05, 0) is 60.5 Å². The molecule has 2 bridgehead atoms. The van der Waals surface area contributed by atoms with Gasteiger partial charge in [-0.2, -0.15) is 0 Å². The van der Waals surface area contributed by atoms with Crippen LogP contribution < -0.4 is 16.2 Å². The number of nitrogens with zero attached hydrogens (tertiary/aromatic N) is 2. The number of piperidine rings is 1. The number of carbonyl (C=O) groups excluding carboxylic acids is 1. The van der Waals surface area contributed by atoms with Crippen LogP contribution in [-0.2, 0) is 13.1 Å². The second-order valence-electron chi connectivity index (χ2n) is 8.78. The summed E-state index contributed by atoms with van der Waals surface area (Å²) in [7, 11) is 0. The summed E-state index contributed by atoms with van der Waals surface area (Å²) < 4.78 is 1.92. The summed E-state index contributed by atoms with van der Waals surface area (Å²) in [6, 6.07) is 22.8. The molecule has 0 saturated carbocycles. The van der Waals surface area contributed by atoms with Gasteiger partial charge < -0.3 is 20.1 Å². The van der Waals surface area contributed by atoms with Crippen molar-refractivity contribution in [2.45, 2.75) is 25.4 Å². The van der Waals surface area contributed by atoms with Crippen molar-refractivity contribution in [2.75, 3.05) is 18.4 Å². The summed E-state index contributed by atoms with van der Waals surface area (Å²) in [6.45, 7) is 2.88. The number of nitrogens with one attached hydrogen (secondary N) is 2. The van der Waals surface area contributed by atoms with Crippen molar-refractivity contribution < 1.29 is 4.79 Å². The van der Waals surface area contributed by atoms with E-state index >= 15 is 0 Å². The quantitative estimate of drug-likeness (QED) is 0.585. The van der Waals surface area contributed by atoms with E-state index in [9.17, 15) is 9.59 Å². The predicted molar refractivity (Wildman–Crippen MR) is 133 cm³/mol. The Morgan fingerprint density at radius 3 is 2.52 bits per heavy atom. The van der Waals surface area contributed by atoms with E-state index < -0.39 is 0 Å². The molecule has 2 aliphatic rings. The third-order valence-electron chi connectivity index (χ3n) is 6.46. The van der Waals surface area contributed by atoms with Gasteiger partial charge in [0.15, 0.2) is 5.11 Å². The molecule has 5 rings (SSSR count). The molecule has 0 aliphatic carbocycles. The van der Waals surface area contributed by atoms with Gasteiger partial charge in [-0.15, -0.1) is 0 Å². The highest BCUT2D eigenvalue weighted by Crippen LogP contribution is 2.35. The summed E-state index contributed by atoms with van der Waals surface area (Å²) in [5, 5.41) is 6.94. The van der Waals surface area contributed by atoms with Crippen molar-refractivity contribution in [3.63, 3.8) is 0 Å². The summed E-state index contributed by atoms with van der Waals surface area (Å²) in [6.07, 6.45) is 1.09. The molecule has 2 atom stereocenters. The van der Waals surface area contributed by atoms with Crippen molar-refractivity contribution in [1.29, 1.82) is 0 Å². The van der Waals surface area contributed by atoms with Gasteiger partial charge in [-0.3, -0.25) is 9.59 Å². The number of fused-ring (bicyclic) bond motifs is 4. The molecule has 0 radical (unpaired) electrons. The number of likely N-dealkylation sites (tertiary alicyclic amines) is 1. The van der Waals surface area contributed by atoms with Crippen LogP contribution in [0.3, 0.4) is 0 Å². The number of hydrogen-bond donors (Lipinski definition) is 2. The van der Waals surface area contributed by atoms with E-state index in [1.165, 1.54) is 0 Å². The largest absolute Gasteiger partial charge is 0.348 e. The van der Waals surface area contributed by atoms with Crippen molar-refractivity contribution in [1.82, 2.24) is 14.8 Å². The molecule has 3 aromatic rings. The molecule has 0 spiro atoms. The van der Waals surface area contributed by atoms with Gasteiger partial charge in [0.25, 0.3) is 11.5 Å². The lowest BCUT2D eigenvalue weighted by Gasteiger charge is -2.43. The van der Waals surface area contributed by atoms with Gasteiger partial charge in [0, 0.05) is 55.1 Å². The molecule has 1 amide bonds. The molecule has 2 aromatic carbocycles. The Morgan fingerprint density at radius 2 is 1.73 bits per heavy atom. The average molecular weight is 459 g/mol. The molecule has 1 saturated heterocycles. The van der Waals surface area contributed by atoms with Crippen LogP contribution in [0.25, 0.3) is 0 Å². The van der Waals surface area contributed by atoms with Gasteiger partial charge in [-0.25, -0.2) is 0 Å². The van der Waals surface area contributed by atoms with Crippen molar-refractivity contribution in [3.8, 4) is 0 Å². The highest BCUT2D eigenvalue weighted by atomic mass is 32.1. The third kappa shape index (κ3) is 4.68. The lowest BCUT2D eigenvalue weighted by molar-refractivity contribution is 0.0951. The van der Waals surface area contributed by atoms with Crippen LogP contribution in [0.5, 0.6) is 0 Å². The first-order valence-electron chi connectivity index (χ1n) is 11.2. The number of anilines is 1. The average Bonchev–Trinajstić information content (AvgIpc) is 2.84. The minimum absolute atomic E-state index is 0.0873. The van der Waals surface area contributed by atoms with E-state index in [1.807, 2.05) is 53.1 Å². The summed E-state index contributed by atoms with van der Waals surface area (Å²) >= 11 is 5.71. The Bertz CT molecular complexity index is 1220. The fourth-order valence-electron chi connectivity index (χ4n) is 4.85. The molecular formula is C26H26N4O2S. The number of amides is 1. The highest BCUT2D eigenvalue weighted by molar-refractivity contribution is 7.80. The molecule has 33 heavy (non-hydrogen) atoms. The summed E-state index contributed by atoms with van der Waals surface area (Å²) in [5.41, 5.74) is 3.72. The summed E-state index contributed by atoms with van der Waals surface area (Å²) in [4.78, 5) is 26.9. The molecular weight excluding hydrogens is 432 g/mol. The van der Waals surface area contributed by atoms with E-state index in [-0.39, 0.29) is 11.5 Å². The number of pyridine rings is 1. The Balaban J connectivity index is 1.19. The number of rotatable bonds is 4. The standard InChI is InChI=1S/C26H26N4O2S/c31-24-8-4-7-23-21-13-19(16-30(23)24)15-29(17-21)26(33)28-22-11-9-20(10-12-22)25(32)27-14-18-5-2-1-3-6-18/h1-12,19,21H,13-17H2,(H,27,32)(H,28,33)/t19-,21+/m1/s1. The van der Waals surface area contributed by atoms with Crippen LogP contribution in [0.2, 0.25) is 0 Å². The Hall–Kier alpha value is -3.45. The minimum Gasteiger partial charge on any atom is -0.348 e. The van der Waals surface area contributed by atoms with Crippen molar-refractivity contribution in [2.24, 2.45) is 5.92 Å². The minimum atomic E-state index is -0.106. The number of hydrogen-bond acceptors (Lipinski definition) is 3. The molecule has 168 valence electrons. The molecule has 0 unspecified atom stereocenters. The maximum Gasteiger partial charge on any atom is 0.251 e. The fourth-order valence-corrected chi connectivity index (χ4v) is 5.12. The van der Waals surface area contributed by atoms with Crippen LogP contribution in [0.15, 0.2) is 77.6 Å². The predicted octanol–water partition coefficient (Wildman–Crippen LogP) is 3.59. The van der Waals surface area contributed by atoms with Crippen molar-refractivity contribution >= 4 is 28.9 Å². The summed E-state index contributed by atoms with van der Waals surface area (Å²) in [5.74, 6) is 0.611. The molecule has 7 heteroatoms. The second-order valence-corrected chi connectivity index (χ2v) is 9.17. The number of benzene rings is 2. The zero-order chi connectivity index (χ0) is 22.8. The first-order chi connectivity index (χ1) is 16.1. The SMILES string of the molecule is O=C(NCc1ccccc1)c1ccc(NC(=S)N2C[C@H]3C[C@@H](C2)c2cccc(=O)n2C3)cc1. The molecule has 2 N–H and O–H groups in total. The van der Waals surface area contributed by atoms with E-state index in [0.29, 0.717) is 29.1 Å². The normalized spacial score (nSPS) is 18.8. The van der Waals surface area contributed by atoms with Gasteiger partial charge in [0.2, 0.25) is 0 Å². The van der Waals surface area contributed by atoms with Crippen LogP contribution >= 0.6 is 12.2 Å². The van der Waals surface area contributed by atoms with Crippen LogP contribution in [0.4, 0.5) is 5.69 Å². The third-order valence-corrected chi connectivity index (χ3v) is 6.82. The first kappa shape index (κ1) is 21.4. The number of carbonyl (C=O) groups is 1. The lowest BCUT2D eigenvalue weighted by Crippen LogP contribution is -2.50. The zero-order valence-corrected chi connectivity index (χ0v) is 19.1. The van der Waals surface area contributed by atoms with Crippen molar-refractivity contribution in [3.05, 3.63) is 100.0 Å².